The van der Waals surface area contributed by atoms with Crippen molar-refractivity contribution in [3.05, 3.63) is 0 Å². The molecule has 1 unspecified atom stereocenters. The van der Waals surface area contributed by atoms with E-state index in [9.17, 15) is 4.79 Å². The average Bonchev–Trinajstić information content (AvgIpc) is 1.84. The highest BCUT2D eigenvalue weighted by molar-refractivity contribution is 5.74. The molecule has 1 aliphatic rings. The predicted octanol–water partition coefficient (Wildman–Crippen LogP) is -0.345. The van der Waals surface area contributed by atoms with Crippen LogP contribution in [0, 0.1) is 0 Å². The van der Waals surface area contributed by atoms with E-state index < -0.39 is 24.5 Å². The quantitative estimate of drug-likeness (QED) is 0.475. The third-order valence-corrected chi connectivity index (χ3v) is 1.38. The standard InChI is InChI=1S/C6H10O4/c1-3-5(7)10-4(2)6(8)9-3/h3-5,7H,1-2H3/t3-,4+,5?/m0/s1. The molecule has 0 aromatic carbocycles. The van der Waals surface area contributed by atoms with Crippen LogP contribution in [0.4, 0.5) is 0 Å². The maximum atomic E-state index is 10.7. The Bertz CT molecular complexity index is 145. The highest BCUT2D eigenvalue weighted by Crippen LogP contribution is 2.12. The van der Waals surface area contributed by atoms with Gasteiger partial charge in [-0.2, -0.15) is 0 Å². The third-order valence-electron chi connectivity index (χ3n) is 1.38. The van der Waals surface area contributed by atoms with Crippen LogP contribution in [-0.4, -0.2) is 29.6 Å². The Morgan fingerprint density at radius 1 is 1.50 bits per heavy atom. The van der Waals surface area contributed by atoms with Gasteiger partial charge in [-0.25, -0.2) is 4.79 Å². The molecule has 0 aliphatic carbocycles. The maximum absolute atomic E-state index is 10.7. The van der Waals surface area contributed by atoms with E-state index in [1.165, 1.54) is 6.92 Å². The molecule has 1 N–H and O–H groups in total. The first-order valence-corrected chi connectivity index (χ1v) is 3.15. The molecule has 0 aromatic heterocycles. The smallest absolute Gasteiger partial charge is 0.335 e. The molecule has 0 spiro atoms. The fourth-order valence-corrected chi connectivity index (χ4v) is 0.713. The number of aliphatic hydroxyl groups excluding tert-OH is 1. The summed E-state index contributed by atoms with van der Waals surface area (Å²) >= 11 is 0. The monoisotopic (exact) mass is 146 g/mol. The molecule has 0 radical (unpaired) electrons. The van der Waals surface area contributed by atoms with Crippen LogP contribution >= 0.6 is 0 Å². The lowest BCUT2D eigenvalue weighted by molar-refractivity contribution is -0.239. The molecule has 4 heteroatoms. The Morgan fingerprint density at radius 2 is 2.10 bits per heavy atom. The number of hydrogen-bond acceptors (Lipinski definition) is 4. The molecule has 0 aromatic rings. The fraction of sp³-hybridized carbons (Fsp3) is 0.833. The van der Waals surface area contributed by atoms with E-state index in [1.807, 2.05) is 0 Å². The number of cyclic esters (lactones) is 1. The number of hydrogen-bond donors (Lipinski definition) is 1. The molecule has 0 saturated carbocycles. The first-order chi connectivity index (χ1) is 4.61. The van der Waals surface area contributed by atoms with E-state index in [0.717, 1.165) is 0 Å². The van der Waals surface area contributed by atoms with Crippen molar-refractivity contribution < 1.29 is 19.4 Å². The molecule has 1 aliphatic heterocycles. The minimum Gasteiger partial charge on any atom is -0.455 e. The third kappa shape index (κ3) is 1.27. The van der Waals surface area contributed by atoms with Gasteiger partial charge in [-0.15, -0.1) is 0 Å². The van der Waals surface area contributed by atoms with Gasteiger partial charge in [0.05, 0.1) is 0 Å². The number of rotatable bonds is 0. The van der Waals surface area contributed by atoms with Gasteiger partial charge in [-0.3, -0.25) is 0 Å². The fourth-order valence-electron chi connectivity index (χ4n) is 0.713. The number of ether oxygens (including phenoxy) is 2. The van der Waals surface area contributed by atoms with Gasteiger partial charge in [0.2, 0.25) is 0 Å². The van der Waals surface area contributed by atoms with Gasteiger partial charge < -0.3 is 14.6 Å². The van der Waals surface area contributed by atoms with Crippen molar-refractivity contribution >= 4 is 5.97 Å². The summed E-state index contributed by atoms with van der Waals surface area (Å²) in [6, 6.07) is 0. The first kappa shape index (κ1) is 7.50. The lowest BCUT2D eigenvalue weighted by atomic mass is 10.3. The normalized spacial score (nSPS) is 41.1. The Balaban J connectivity index is 2.54. The Labute approximate surface area is 58.7 Å². The average molecular weight is 146 g/mol. The zero-order chi connectivity index (χ0) is 7.72. The molecule has 0 amide bonds. The number of carbonyl (C=O) groups excluding carboxylic acids is 1. The summed E-state index contributed by atoms with van der Waals surface area (Å²) < 4.78 is 9.49. The summed E-state index contributed by atoms with van der Waals surface area (Å²) in [4.78, 5) is 10.7. The number of esters is 1. The van der Waals surface area contributed by atoms with Crippen LogP contribution in [0.1, 0.15) is 13.8 Å². The van der Waals surface area contributed by atoms with Gasteiger partial charge in [0.15, 0.2) is 12.4 Å². The van der Waals surface area contributed by atoms with E-state index in [-0.39, 0.29) is 0 Å². The summed E-state index contributed by atoms with van der Waals surface area (Å²) in [5.74, 6) is -0.419. The summed E-state index contributed by atoms with van der Waals surface area (Å²) in [6.07, 6.45) is -2.18. The molecule has 3 atom stereocenters. The maximum Gasteiger partial charge on any atom is 0.335 e. The number of aliphatic hydroxyl groups is 1. The van der Waals surface area contributed by atoms with Crippen molar-refractivity contribution in [3.63, 3.8) is 0 Å². The molecular weight excluding hydrogens is 136 g/mol. The molecule has 10 heavy (non-hydrogen) atoms. The van der Waals surface area contributed by atoms with Crippen molar-refractivity contribution in [3.8, 4) is 0 Å². The van der Waals surface area contributed by atoms with Gasteiger partial charge in [-0.1, -0.05) is 0 Å². The highest BCUT2D eigenvalue weighted by Gasteiger charge is 2.31. The largest absolute Gasteiger partial charge is 0.455 e. The van der Waals surface area contributed by atoms with Crippen molar-refractivity contribution in [1.82, 2.24) is 0 Å². The summed E-state index contributed by atoms with van der Waals surface area (Å²) in [6.45, 7) is 3.12. The predicted molar refractivity (Wildman–Crippen MR) is 32.1 cm³/mol. The SMILES string of the molecule is C[C@@H]1OC(=O)[C@@H](C)OC1O. The van der Waals surface area contributed by atoms with Crippen LogP contribution in [0.2, 0.25) is 0 Å². The molecule has 1 rings (SSSR count). The first-order valence-electron chi connectivity index (χ1n) is 3.15. The van der Waals surface area contributed by atoms with E-state index >= 15 is 0 Å². The van der Waals surface area contributed by atoms with E-state index in [4.69, 9.17) is 14.6 Å². The second-order valence-electron chi connectivity index (χ2n) is 2.31. The zero-order valence-corrected chi connectivity index (χ0v) is 5.90. The van der Waals surface area contributed by atoms with Crippen LogP contribution in [0.25, 0.3) is 0 Å². The molecule has 1 fully saturated rings. The highest BCUT2D eigenvalue weighted by atomic mass is 16.7. The van der Waals surface area contributed by atoms with Crippen LogP contribution in [-0.2, 0) is 14.3 Å². The lowest BCUT2D eigenvalue weighted by Gasteiger charge is -2.28. The van der Waals surface area contributed by atoms with Crippen molar-refractivity contribution in [1.29, 1.82) is 0 Å². The van der Waals surface area contributed by atoms with Crippen molar-refractivity contribution in [2.45, 2.75) is 32.3 Å². The second-order valence-corrected chi connectivity index (χ2v) is 2.31. The van der Waals surface area contributed by atoms with Crippen LogP contribution in [0.15, 0.2) is 0 Å². The molecule has 4 nitrogen and oxygen atoms in total. The summed E-state index contributed by atoms with van der Waals surface area (Å²) in [5, 5.41) is 8.97. The minimum absolute atomic E-state index is 0.419. The molecule has 1 saturated heterocycles. The summed E-state index contributed by atoms with van der Waals surface area (Å²) in [7, 11) is 0. The van der Waals surface area contributed by atoms with E-state index in [0.29, 0.717) is 0 Å². The Kier molecular flexibility index (Phi) is 1.92. The van der Waals surface area contributed by atoms with Crippen molar-refractivity contribution in [2.24, 2.45) is 0 Å². The van der Waals surface area contributed by atoms with Crippen LogP contribution < -0.4 is 0 Å². The Hall–Kier alpha value is -0.610. The van der Waals surface area contributed by atoms with Crippen LogP contribution in [0.5, 0.6) is 0 Å². The molecule has 1 heterocycles. The van der Waals surface area contributed by atoms with Gasteiger partial charge in [0.25, 0.3) is 0 Å². The second kappa shape index (κ2) is 2.56. The van der Waals surface area contributed by atoms with Crippen molar-refractivity contribution in [2.75, 3.05) is 0 Å². The van der Waals surface area contributed by atoms with Gasteiger partial charge >= 0.3 is 5.97 Å². The summed E-state index contributed by atoms with van der Waals surface area (Å²) in [5.41, 5.74) is 0. The minimum atomic E-state index is -0.979. The van der Waals surface area contributed by atoms with E-state index in [1.54, 1.807) is 6.92 Å². The Morgan fingerprint density at radius 3 is 2.60 bits per heavy atom. The molecule has 58 valence electrons. The van der Waals surface area contributed by atoms with E-state index in [2.05, 4.69) is 0 Å². The molecular formula is C6H10O4. The van der Waals surface area contributed by atoms with Gasteiger partial charge in [0, 0.05) is 0 Å². The number of carbonyl (C=O) groups is 1. The van der Waals surface area contributed by atoms with Gasteiger partial charge in [-0.05, 0) is 13.8 Å². The lowest BCUT2D eigenvalue weighted by Crippen LogP contribution is -2.43. The van der Waals surface area contributed by atoms with Crippen LogP contribution in [0.3, 0.4) is 0 Å². The zero-order valence-electron chi connectivity index (χ0n) is 5.90. The molecule has 0 bridgehead atoms. The topological polar surface area (TPSA) is 55.8 Å². The van der Waals surface area contributed by atoms with Gasteiger partial charge in [0.1, 0.15) is 6.10 Å².